The average Bonchev–Trinajstić information content (AvgIpc) is 2.29. The number of hydrogen-bond donors (Lipinski definition) is 1. The van der Waals surface area contributed by atoms with Crippen molar-refractivity contribution in [1.29, 1.82) is 0 Å². The maximum Gasteiger partial charge on any atom is 0.0378 e. The normalized spacial score (nSPS) is 21.5. The summed E-state index contributed by atoms with van der Waals surface area (Å²) in [6.07, 6.45) is 0. The lowest BCUT2D eigenvalue weighted by atomic mass is 10.0. The van der Waals surface area contributed by atoms with E-state index in [2.05, 4.69) is 64.3 Å². The largest absolute Gasteiger partial charge is 0.369 e. The first kappa shape index (κ1) is 11.9. The Kier molecular flexibility index (Phi) is 3.87. The van der Waals surface area contributed by atoms with Crippen LogP contribution in [0.5, 0.6) is 0 Å². The smallest absolute Gasteiger partial charge is 0.0378 e. The molecule has 16 heavy (non-hydrogen) atoms. The van der Waals surface area contributed by atoms with Crippen molar-refractivity contribution in [1.82, 2.24) is 5.32 Å². The second kappa shape index (κ2) is 5.19. The summed E-state index contributed by atoms with van der Waals surface area (Å²) in [7, 11) is 0. The molecule has 1 saturated heterocycles. The Bertz CT molecular complexity index is 352. The molecule has 0 bridgehead atoms. The predicted octanol–water partition coefficient (Wildman–Crippen LogP) is 2.88. The number of benzene rings is 1. The van der Waals surface area contributed by atoms with Gasteiger partial charge in [-0.15, -0.1) is 0 Å². The summed E-state index contributed by atoms with van der Waals surface area (Å²) in [4.78, 5) is 2.46. The molecule has 0 amide bonds. The van der Waals surface area contributed by atoms with Crippen LogP contribution < -0.4 is 10.2 Å². The zero-order valence-corrected chi connectivity index (χ0v) is 11.5. The van der Waals surface area contributed by atoms with Crippen molar-refractivity contribution in [3.63, 3.8) is 0 Å². The maximum atomic E-state index is 3.58. The van der Waals surface area contributed by atoms with Gasteiger partial charge in [-0.05, 0) is 24.1 Å². The van der Waals surface area contributed by atoms with Crippen molar-refractivity contribution >= 4 is 21.6 Å². The molecule has 0 aromatic heterocycles. The third-order valence-corrected chi connectivity index (χ3v) is 3.68. The van der Waals surface area contributed by atoms with E-state index in [1.54, 1.807) is 0 Å². The predicted molar refractivity (Wildman–Crippen MR) is 73.0 cm³/mol. The second-order valence-corrected chi connectivity index (χ2v) is 5.65. The van der Waals surface area contributed by atoms with Crippen LogP contribution in [0.2, 0.25) is 0 Å². The van der Waals surface area contributed by atoms with E-state index < -0.39 is 0 Å². The highest BCUT2D eigenvalue weighted by Gasteiger charge is 2.21. The van der Waals surface area contributed by atoms with Gasteiger partial charge in [0.05, 0.1) is 0 Å². The first-order chi connectivity index (χ1) is 7.66. The van der Waals surface area contributed by atoms with Gasteiger partial charge in [0, 0.05) is 35.8 Å². The highest BCUT2D eigenvalue weighted by molar-refractivity contribution is 9.10. The van der Waals surface area contributed by atoms with Gasteiger partial charge in [0.1, 0.15) is 0 Å². The number of anilines is 1. The van der Waals surface area contributed by atoms with E-state index in [1.165, 1.54) is 5.69 Å². The Morgan fingerprint density at radius 3 is 2.94 bits per heavy atom. The molecular formula is C13H19BrN2. The Morgan fingerprint density at radius 1 is 1.44 bits per heavy atom. The lowest BCUT2D eigenvalue weighted by Crippen LogP contribution is -2.52. The molecule has 1 aliphatic heterocycles. The molecule has 2 rings (SSSR count). The van der Waals surface area contributed by atoms with E-state index >= 15 is 0 Å². The molecule has 2 nitrogen and oxygen atoms in total. The minimum absolute atomic E-state index is 0.604. The Labute approximate surface area is 106 Å². The quantitative estimate of drug-likeness (QED) is 0.898. The topological polar surface area (TPSA) is 15.3 Å². The van der Waals surface area contributed by atoms with Gasteiger partial charge < -0.3 is 10.2 Å². The number of nitrogens with one attached hydrogen (secondary N) is 1. The van der Waals surface area contributed by atoms with Crippen LogP contribution in [0.25, 0.3) is 0 Å². The van der Waals surface area contributed by atoms with Gasteiger partial charge in [0.2, 0.25) is 0 Å². The van der Waals surface area contributed by atoms with Crippen LogP contribution in [-0.4, -0.2) is 25.7 Å². The summed E-state index contributed by atoms with van der Waals surface area (Å²) in [5.41, 5.74) is 1.32. The molecule has 1 aromatic rings. The van der Waals surface area contributed by atoms with E-state index in [-0.39, 0.29) is 0 Å². The molecular weight excluding hydrogens is 264 g/mol. The van der Waals surface area contributed by atoms with Crippen LogP contribution in [0.3, 0.4) is 0 Å². The van der Waals surface area contributed by atoms with E-state index in [0.29, 0.717) is 12.0 Å². The molecule has 0 aliphatic carbocycles. The summed E-state index contributed by atoms with van der Waals surface area (Å²) < 4.78 is 1.16. The average molecular weight is 283 g/mol. The fourth-order valence-electron chi connectivity index (χ4n) is 2.13. The van der Waals surface area contributed by atoms with Gasteiger partial charge in [0.15, 0.2) is 0 Å². The number of nitrogens with zero attached hydrogens (tertiary/aromatic N) is 1. The fourth-order valence-corrected chi connectivity index (χ4v) is 2.52. The van der Waals surface area contributed by atoms with Crippen molar-refractivity contribution < 1.29 is 0 Å². The van der Waals surface area contributed by atoms with Crippen molar-refractivity contribution in [3.05, 3.63) is 28.7 Å². The summed E-state index contributed by atoms with van der Waals surface area (Å²) in [5.74, 6) is 0.690. The Hall–Kier alpha value is -0.540. The minimum Gasteiger partial charge on any atom is -0.369 e. The van der Waals surface area contributed by atoms with Crippen LogP contribution >= 0.6 is 15.9 Å². The molecule has 0 spiro atoms. The standard InChI is InChI=1S/C13H19BrN2/c1-10(2)13-9-16(7-6-15-13)12-5-3-4-11(14)8-12/h3-5,8,10,13,15H,6-7,9H2,1-2H3. The highest BCUT2D eigenvalue weighted by atomic mass is 79.9. The van der Waals surface area contributed by atoms with Crippen LogP contribution in [0.4, 0.5) is 5.69 Å². The maximum absolute atomic E-state index is 3.58. The van der Waals surface area contributed by atoms with Crippen LogP contribution in [0, 0.1) is 5.92 Å². The molecule has 1 N–H and O–H groups in total. The summed E-state index contributed by atoms with van der Waals surface area (Å²) >= 11 is 3.53. The van der Waals surface area contributed by atoms with E-state index in [4.69, 9.17) is 0 Å². The summed E-state index contributed by atoms with van der Waals surface area (Å²) in [6.45, 7) is 7.84. The molecule has 1 atom stereocenters. The zero-order valence-electron chi connectivity index (χ0n) is 9.91. The summed E-state index contributed by atoms with van der Waals surface area (Å²) in [5, 5.41) is 3.58. The van der Waals surface area contributed by atoms with Crippen LogP contribution in [0.15, 0.2) is 28.7 Å². The first-order valence-corrected chi connectivity index (χ1v) is 6.70. The van der Waals surface area contributed by atoms with Gasteiger partial charge in [-0.25, -0.2) is 0 Å². The van der Waals surface area contributed by atoms with Gasteiger partial charge >= 0.3 is 0 Å². The number of piperazine rings is 1. The lowest BCUT2D eigenvalue weighted by Gasteiger charge is -2.37. The van der Waals surface area contributed by atoms with Crippen molar-refractivity contribution in [2.24, 2.45) is 5.92 Å². The monoisotopic (exact) mass is 282 g/mol. The van der Waals surface area contributed by atoms with E-state index in [1.807, 2.05) is 0 Å². The number of halogens is 1. The number of hydrogen-bond acceptors (Lipinski definition) is 2. The van der Waals surface area contributed by atoms with Crippen molar-refractivity contribution in [3.8, 4) is 0 Å². The molecule has 0 saturated carbocycles. The van der Waals surface area contributed by atoms with Gasteiger partial charge in [-0.3, -0.25) is 0 Å². The van der Waals surface area contributed by atoms with Crippen LogP contribution in [-0.2, 0) is 0 Å². The molecule has 1 aromatic carbocycles. The Morgan fingerprint density at radius 2 is 2.25 bits per heavy atom. The molecule has 0 radical (unpaired) electrons. The fraction of sp³-hybridized carbons (Fsp3) is 0.538. The van der Waals surface area contributed by atoms with E-state index in [0.717, 1.165) is 24.1 Å². The minimum atomic E-state index is 0.604. The third kappa shape index (κ3) is 2.77. The Balaban J connectivity index is 2.09. The van der Waals surface area contributed by atoms with Gasteiger partial charge in [-0.2, -0.15) is 0 Å². The van der Waals surface area contributed by atoms with Gasteiger partial charge in [0.25, 0.3) is 0 Å². The molecule has 1 fully saturated rings. The van der Waals surface area contributed by atoms with Crippen molar-refractivity contribution in [2.45, 2.75) is 19.9 Å². The molecule has 1 heterocycles. The highest BCUT2D eigenvalue weighted by Crippen LogP contribution is 2.22. The first-order valence-electron chi connectivity index (χ1n) is 5.90. The molecule has 88 valence electrons. The third-order valence-electron chi connectivity index (χ3n) is 3.18. The van der Waals surface area contributed by atoms with E-state index in [9.17, 15) is 0 Å². The SMILES string of the molecule is CC(C)C1CN(c2cccc(Br)c2)CCN1. The summed E-state index contributed by atoms with van der Waals surface area (Å²) in [6, 6.07) is 9.17. The zero-order chi connectivity index (χ0) is 11.5. The lowest BCUT2D eigenvalue weighted by molar-refractivity contribution is 0.368. The van der Waals surface area contributed by atoms with Crippen LogP contribution in [0.1, 0.15) is 13.8 Å². The molecule has 1 aliphatic rings. The van der Waals surface area contributed by atoms with Gasteiger partial charge in [-0.1, -0.05) is 35.8 Å². The molecule has 1 unspecified atom stereocenters. The second-order valence-electron chi connectivity index (χ2n) is 4.73. The number of rotatable bonds is 2. The molecule has 3 heteroatoms. The van der Waals surface area contributed by atoms with Crippen molar-refractivity contribution in [2.75, 3.05) is 24.5 Å².